The molecule has 0 spiro atoms. The molecule has 0 radical (unpaired) electrons. The Hall–Kier alpha value is -1.91. The number of hydrogen-bond donors (Lipinski definition) is 0. The molecule has 1 amide bonds. The van der Waals surface area contributed by atoms with E-state index in [0.29, 0.717) is 12.1 Å². The number of thiophene rings is 1. The van der Waals surface area contributed by atoms with Crippen LogP contribution in [0.25, 0.3) is 0 Å². The SMILES string of the molecule is Cc1ccc(N(Cc2cccs2)C(=O)c2ccccc2Br)cc1. The Kier molecular flexibility index (Phi) is 4.94. The van der Waals surface area contributed by atoms with Crippen LogP contribution in [0.2, 0.25) is 0 Å². The van der Waals surface area contributed by atoms with Crippen molar-refractivity contribution in [1.29, 1.82) is 0 Å². The second-order valence-electron chi connectivity index (χ2n) is 5.29. The topological polar surface area (TPSA) is 20.3 Å². The Balaban J connectivity index is 1.99. The normalized spacial score (nSPS) is 10.5. The van der Waals surface area contributed by atoms with E-state index in [9.17, 15) is 4.79 Å². The smallest absolute Gasteiger partial charge is 0.259 e. The van der Waals surface area contributed by atoms with E-state index in [1.807, 2.05) is 71.8 Å². The first-order valence-electron chi connectivity index (χ1n) is 7.30. The van der Waals surface area contributed by atoms with Crippen molar-refractivity contribution >= 4 is 38.9 Å². The first kappa shape index (κ1) is 16.0. The summed E-state index contributed by atoms with van der Waals surface area (Å²) in [4.78, 5) is 16.1. The first-order chi connectivity index (χ1) is 11.1. The molecule has 23 heavy (non-hydrogen) atoms. The van der Waals surface area contributed by atoms with Crippen LogP contribution in [0.1, 0.15) is 20.8 Å². The Morgan fingerprint density at radius 1 is 1.04 bits per heavy atom. The Morgan fingerprint density at radius 3 is 2.43 bits per heavy atom. The minimum absolute atomic E-state index is 0.00488. The molecule has 0 saturated heterocycles. The second-order valence-corrected chi connectivity index (χ2v) is 7.17. The van der Waals surface area contributed by atoms with Gasteiger partial charge in [-0.15, -0.1) is 11.3 Å². The van der Waals surface area contributed by atoms with Gasteiger partial charge in [-0.05, 0) is 58.6 Å². The van der Waals surface area contributed by atoms with E-state index in [-0.39, 0.29) is 5.91 Å². The number of carbonyl (C=O) groups excluding carboxylic acids is 1. The molecule has 1 aromatic heterocycles. The third-order valence-electron chi connectivity index (χ3n) is 3.59. The van der Waals surface area contributed by atoms with Gasteiger partial charge in [0.15, 0.2) is 0 Å². The van der Waals surface area contributed by atoms with Crippen molar-refractivity contribution < 1.29 is 4.79 Å². The summed E-state index contributed by atoms with van der Waals surface area (Å²) in [6.07, 6.45) is 0. The van der Waals surface area contributed by atoms with Crippen LogP contribution in [0.4, 0.5) is 5.69 Å². The summed E-state index contributed by atoms with van der Waals surface area (Å²) >= 11 is 5.14. The number of aryl methyl sites for hydroxylation is 1. The van der Waals surface area contributed by atoms with E-state index in [1.54, 1.807) is 11.3 Å². The van der Waals surface area contributed by atoms with Crippen LogP contribution in [-0.2, 0) is 6.54 Å². The predicted molar refractivity (Wildman–Crippen MR) is 100 cm³/mol. The third-order valence-corrected chi connectivity index (χ3v) is 5.14. The van der Waals surface area contributed by atoms with Gasteiger partial charge in [-0.2, -0.15) is 0 Å². The van der Waals surface area contributed by atoms with Gasteiger partial charge in [0.05, 0.1) is 12.1 Å². The molecule has 0 fully saturated rings. The van der Waals surface area contributed by atoms with Gasteiger partial charge in [-0.1, -0.05) is 35.9 Å². The average molecular weight is 386 g/mol. The molecule has 3 rings (SSSR count). The molecule has 0 aliphatic heterocycles. The highest BCUT2D eigenvalue weighted by Gasteiger charge is 2.20. The van der Waals surface area contributed by atoms with Gasteiger partial charge in [0.1, 0.15) is 0 Å². The van der Waals surface area contributed by atoms with Crippen LogP contribution in [-0.4, -0.2) is 5.91 Å². The van der Waals surface area contributed by atoms with Gasteiger partial charge in [0.25, 0.3) is 5.91 Å². The maximum atomic E-state index is 13.1. The van der Waals surface area contributed by atoms with E-state index in [2.05, 4.69) is 22.0 Å². The number of rotatable bonds is 4. The monoisotopic (exact) mass is 385 g/mol. The fraction of sp³-hybridized carbons (Fsp3) is 0.105. The van der Waals surface area contributed by atoms with E-state index in [1.165, 1.54) is 5.56 Å². The average Bonchev–Trinajstić information content (AvgIpc) is 3.07. The highest BCUT2D eigenvalue weighted by atomic mass is 79.9. The van der Waals surface area contributed by atoms with Crippen molar-refractivity contribution in [1.82, 2.24) is 0 Å². The number of halogens is 1. The number of nitrogens with zero attached hydrogens (tertiary/aromatic N) is 1. The number of carbonyl (C=O) groups is 1. The summed E-state index contributed by atoms with van der Waals surface area (Å²) in [5.74, 6) is -0.00488. The van der Waals surface area contributed by atoms with Gasteiger partial charge >= 0.3 is 0 Å². The lowest BCUT2D eigenvalue weighted by molar-refractivity contribution is 0.0984. The van der Waals surface area contributed by atoms with Crippen molar-refractivity contribution in [2.45, 2.75) is 13.5 Å². The summed E-state index contributed by atoms with van der Waals surface area (Å²) in [6.45, 7) is 2.61. The quantitative estimate of drug-likeness (QED) is 0.566. The highest BCUT2D eigenvalue weighted by molar-refractivity contribution is 9.10. The summed E-state index contributed by atoms with van der Waals surface area (Å²) in [5.41, 5.74) is 2.76. The van der Waals surface area contributed by atoms with Gasteiger partial charge < -0.3 is 4.90 Å². The van der Waals surface area contributed by atoms with Crippen LogP contribution >= 0.6 is 27.3 Å². The van der Waals surface area contributed by atoms with Crippen LogP contribution in [0.5, 0.6) is 0 Å². The van der Waals surface area contributed by atoms with Gasteiger partial charge in [-0.25, -0.2) is 0 Å². The molecule has 0 aliphatic carbocycles. The maximum Gasteiger partial charge on any atom is 0.259 e. The molecule has 2 aromatic carbocycles. The maximum absolute atomic E-state index is 13.1. The molecule has 0 bridgehead atoms. The molecule has 2 nitrogen and oxygen atoms in total. The molecule has 0 aliphatic rings. The van der Waals surface area contributed by atoms with Crippen LogP contribution in [0, 0.1) is 6.92 Å². The van der Waals surface area contributed by atoms with Gasteiger partial charge in [-0.3, -0.25) is 4.79 Å². The van der Waals surface area contributed by atoms with E-state index in [4.69, 9.17) is 0 Å². The first-order valence-corrected chi connectivity index (χ1v) is 8.98. The molecule has 4 heteroatoms. The van der Waals surface area contributed by atoms with E-state index < -0.39 is 0 Å². The van der Waals surface area contributed by atoms with E-state index >= 15 is 0 Å². The predicted octanol–water partition coefficient (Wildman–Crippen LogP) is 5.67. The van der Waals surface area contributed by atoms with Gasteiger partial charge in [0.2, 0.25) is 0 Å². The van der Waals surface area contributed by atoms with Crippen LogP contribution < -0.4 is 4.90 Å². The fourth-order valence-corrected chi connectivity index (χ4v) is 3.49. The largest absolute Gasteiger partial charge is 0.303 e. The fourth-order valence-electron chi connectivity index (χ4n) is 2.34. The Labute approximate surface area is 148 Å². The lowest BCUT2D eigenvalue weighted by Crippen LogP contribution is -2.30. The van der Waals surface area contributed by atoms with Gasteiger partial charge in [0, 0.05) is 15.0 Å². The lowest BCUT2D eigenvalue weighted by atomic mass is 10.1. The molecule has 0 atom stereocenters. The summed E-state index contributed by atoms with van der Waals surface area (Å²) < 4.78 is 0.813. The van der Waals surface area contributed by atoms with Crippen LogP contribution in [0.15, 0.2) is 70.5 Å². The summed E-state index contributed by atoms with van der Waals surface area (Å²) in [6, 6.07) is 19.7. The summed E-state index contributed by atoms with van der Waals surface area (Å²) in [7, 11) is 0. The number of benzene rings is 2. The minimum Gasteiger partial charge on any atom is -0.303 e. The highest BCUT2D eigenvalue weighted by Crippen LogP contribution is 2.25. The van der Waals surface area contributed by atoms with Crippen molar-refractivity contribution in [2.75, 3.05) is 4.90 Å². The van der Waals surface area contributed by atoms with Crippen molar-refractivity contribution in [3.8, 4) is 0 Å². The van der Waals surface area contributed by atoms with Crippen molar-refractivity contribution in [3.63, 3.8) is 0 Å². The Morgan fingerprint density at radius 2 is 1.78 bits per heavy atom. The number of hydrogen-bond acceptors (Lipinski definition) is 2. The standard InChI is InChI=1S/C19H16BrNOS/c1-14-8-10-15(11-9-14)21(13-16-5-4-12-23-16)19(22)17-6-2-3-7-18(17)20/h2-12H,13H2,1H3. The molecule has 0 N–H and O–H groups in total. The zero-order valence-corrected chi connectivity index (χ0v) is 15.1. The van der Waals surface area contributed by atoms with Crippen LogP contribution in [0.3, 0.4) is 0 Å². The number of anilines is 1. The molecule has 116 valence electrons. The zero-order chi connectivity index (χ0) is 16.2. The van der Waals surface area contributed by atoms with Crippen molar-refractivity contribution in [2.24, 2.45) is 0 Å². The molecular formula is C19H16BrNOS. The molecule has 1 heterocycles. The number of amides is 1. The molecule has 0 unspecified atom stereocenters. The summed E-state index contributed by atoms with van der Waals surface area (Å²) in [5, 5.41) is 2.03. The second kappa shape index (κ2) is 7.11. The van der Waals surface area contributed by atoms with Crippen molar-refractivity contribution in [3.05, 3.63) is 86.5 Å². The molecule has 0 saturated carbocycles. The van der Waals surface area contributed by atoms with E-state index in [0.717, 1.165) is 15.0 Å². The minimum atomic E-state index is -0.00488. The molecule has 3 aromatic rings. The lowest BCUT2D eigenvalue weighted by Gasteiger charge is -2.23. The Bertz CT molecular complexity index is 797. The third kappa shape index (κ3) is 3.71. The molecular weight excluding hydrogens is 370 g/mol. The zero-order valence-electron chi connectivity index (χ0n) is 12.7.